The van der Waals surface area contributed by atoms with Crippen molar-refractivity contribution in [2.75, 3.05) is 19.7 Å². The predicted molar refractivity (Wildman–Crippen MR) is 68.6 cm³/mol. The lowest BCUT2D eigenvalue weighted by atomic mass is 10.1. The number of rotatable bonds is 3. The Labute approximate surface area is 107 Å². The lowest BCUT2D eigenvalue weighted by Crippen LogP contribution is -2.33. The van der Waals surface area contributed by atoms with Gasteiger partial charge in [0.05, 0.1) is 6.10 Å². The topological polar surface area (TPSA) is 49.8 Å². The molecule has 1 aromatic carbocycles. The minimum atomic E-state index is -0.380. The molecule has 1 fully saturated rings. The zero-order valence-corrected chi connectivity index (χ0v) is 10.8. The van der Waals surface area contributed by atoms with Crippen LogP contribution in [0.3, 0.4) is 0 Å². The molecule has 0 saturated carbocycles. The maximum atomic E-state index is 11.9. The predicted octanol–water partition coefficient (Wildman–Crippen LogP) is 1.28. The molecule has 4 heteroatoms. The van der Waals surface area contributed by atoms with Crippen molar-refractivity contribution in [3.8, 4) is 5.75 Å². The number of benzene rings is 1. The summed E-state index contributed by atoms with van der Waals surface area (Å²) in [6.07, 6.45) is 0.282. The second kappa shape index (κ2) is 5.40. The Kier molecular flexibility index (Phi) is 3.87. The molecule has 1 saturated heterocycles. The van der Waals surface area contributed by atoms with E-state index in [1.807, 2.05) is 32.0 Å². The van der Waals surface area contributed by atoms with Gasteiger partial charge in [-0.1, -0.05) is 12.1 Å². The average Bonchev–Trinajstić information content (AvgIpc) is 2.77. The van der Waals surface area contributed by atoms with Gasteiger partial charge in [-0.25, -0.2) is 0 Å². The summed E-state index contributed by atoms with van der Waals surface area (Å²) in [6.45, 7) is 5.03. The summed E-state index contributed by atoms with van der Waals surface area (Å²) in [4.78, 5) is 13.5. The van der Waals surface area contributed by atoms with Crippen LogP contribution in [0.4, 0.5) is 0 Å². The number of carbonyl (C=O) groups excluding carboxylic acids is 1. The van der Waals surface area contributed by atoms with Crippen molar-refractivity contribution in [3.05, 3.63) is 29.3 Å². The van der Waals surface area contributed by atoms with Crippen molar-refractivity contribution >= 4 is 5.91 Å². The number of aryl methyl sites for hydroxylation is 2. The first-order valence-electron chi connectivity index (χ1n) is 6.22. The van der Waals surface area contributed by atoms with Crippen LogP contribution in [0, 0.1) is 13.8 Å². The molecule has 1 heterocycles. The normalized spacial score (nSPS) is 19.1. The molecule has 18 heavy (non-hydrogen) atoms. The molecule has 0 radical (unpaired) electrons. The van der Waals surface area contributed by atoms with E-state index in [9.17, 15) is 9.90 Å². The van der Waals surface area contributed by atoms with E-state index < -0.39 is 0 Å². The molecule has 0 unspecified atom stereocenters. The Morgan fingerprint density at radius 2 is 2.28 bits per heavy atom. The van der Waals surface area contributed by atoms with Gasteiger partial charge in [-0.15, -0.1) is 0 Å². The summed E-state index contributed by atoms with van der Waals surface area (Å²) in [6, 6.07) is 5.93. The second-order valence-electron chi connectivity index (χ2n) is 4.84. The van der Waals surface area contributed by atoms with Gasteiger partial charge in [0, 0.05) is 13.1 Å². The first-order valence-corrected chi connectivity index (χ1v) is 6.22. The van der Waals surface area contributed by atoms with Gasteiger partial charge >= 0.3 is 0 Å². The molecule has 1 aliphatic heterocycles. The number of hydrogen-bond donors (Lipinski definition) is 1. The SMILES string of the molecule is Cc1ccc(C)c(OCC(=O)N2CC[C@H](O)C2)c1. The van der Waals surface area contributed by atoms with Crippen LogP contribution in [-0.2, 0) is 4.79 Å². The number of aliphatic hydroxyl groups excluding tert-OH is 1. The molecule has 1 atom stereocenters. The monoisotopic (exact) mass is 249 g/mol. The third-order valence-corrected chi connectivity index (χ3v) is 3.21. The number of ether oxygens (including phenoxy) is 1. The molecule has 0 aromatic heterocycles. The van der Waals surface area contributed by atoms with Crippen LogP contribution in [0.1, 0.15) is 17.5 Å². The van der Waals surface area contributed by atoms with Crippen molar-refractivity contribution in [1.29, 1.82) is 0 Å². The minimum Gasteiger partial charge on any atom is -0.483 e. The molecule has 1 N–H and O–H groups in total. The fourth-order valence-corrected chi connectivity index (χ4v) is 2.06. The first-order chi connectivity index (χ1) is 8.56. The van der Waals surface area contributed by atoms with Crippen LogP contribution in [-0.4, -0.2) is 41.7 Å². The van der Waals surface area contributed by atoms with Crippen LogP contribution in [0.25, 0.3) is 0 Å². The van der Waals surface area contributed by atoms with E-state index in [-0.39, 0.29) is 18.6 Å². The molecular formula is C14H19NO3. The van der Waals surface area contributed by atoms with E-state index in [4.69, 9.17) is 4.74 Å². The maximum absolute atomic E-state index is 11.9. The number of likely N-dealkylation sites (tertiary alicyclic amines) is 1. The third-order valence-electron chi connectivity index (χ3n) is 3.21. The van der Waals surface area contributed by atoms with Crippen LogP contribution in [0.5, 0.6) is 5.75 Å². The summed E-state index contributed by atoms with van der Waals surface area (Å²) in [5.74, 6) is 0.690. The Bertz CT molecular complexity index is 445. The van der Waals surface area contributed by atoms with Gasteiger partial charge in [-0.2, -0.15) is 0 Å². The standard InChI is InChI=1S/C14H19NO3/c1-10-3-4-11(2)13(7-10)18-9-14(17)15-6-5-12(16)8-15/h3-4,7,12,16H,5-6,8-9H2,1-2H3/t12-/m0/s1. The van der Waals surface area contributed by atoms with Crippen LogP contribution < -0.4 is 4.74 Å². The Balaban J connectivity index is 1.91. The Morgan fingerprint density at radius 1 is 1.50 bits per heavy atom. The van der Waals surface area contributed by atoms with E-state index in [0.29, 0.717) is 19.5 Å². The van der Waals surface area contributed by atoms with Crippen LogP contribution >= 0.6 is 0 Å². The highest BCUT2D eigenvalue weighted by molar-refractivity contribution is 5.78. The highest BCUT2D eigenvalue weighted by Crippen LogP contribution is 2.19. The molecule has 0 aliphatic carbocycles. The summed E-state index contributed by atoms with van der Waals surface area (Å²) in [5.41, 5.74) is 2.13. The molecular weight excluding hydrogens is 230 g/mol. The molecule has 1 aliphatic rings. The number of carbonyl (C=O) groups is 1. The van der Waals surface area contributed by atoms with Gasteiger partial charge in [0.1, 0.15) is 5.75 Å². The van der Waals surface area contributed by atoms with E-state index in [1.54, 1.807) is 4.90 Å². The summed E-state index contributed by atoms with van der Waals surface area (Å²) in [7, 11) is 0. The van der Waals surface area contributed by atoms with Crippen molar-refractivity contribution in [2.45, 2.75) is 26.4 Å². The van der Waals surface area contributed by atoms with E-state index in [0.717, 1.165) is 16.9 Å². The van der Waals surface area contributed by atoms with E-state index in [1.165, 1.54) is 0 Å². The number of amides is 1. The van der Waals surface area contributed by atoms with Gasteiger partial charge in [0.25, 0.3) is 5.91 Å². The van der Waals surface area contributed by atoms with Gasteiger partial charge < -0.3 is 14.7 Å². The largest absolute Gasteiger partial charge is 0.483 e. The summed E-state index contributed by atoms with van der Waals surface area (Å²) < 4.78 is 5.55. The molecule has 0 spiro atoms. The zero-order valence-electron chi connectivity index (χ0n) is 10.8. The van der Waals surface area contributed by atoms with Gasteiger partial charge in [-0.05, 0) is 37.5 Å². The lowest BCUT2D eigenvalue weighted by molar-refractivity contribution is -0.132. The molecule has 0 bridgehead atoms. The van der Waals surface area contributed by atoms with Crippen molar-refractivity contribution in [2.24, 2.45) is 0 Å². The van der Waals surface area contributed by atoms with Crippen molar-refractivity contribution in [1.82, 2.24) is 4.90 Å². The highest BCUT2D eigenvalue weighted by Gasteiger charge is 2.24. The summed E-state index contributed by atoms with van der Waals surface area (Å²) >= 11 is 0. The van der Waals surface area contributed by atoms with Crippen molar-refractivity contribution in [3.63, 3.8) is 0 Å². The number of β-amino-alcohol motifs (C(OH)–C–C–N with tert-alkyl or cyclic N) is 1. The Morgan fingerprint density at radius 3 is 2.94 bits per heavy atom. The van der Waals surface area contributed by atoms with E-state index in [2.05, 4.69) is 0 Å². The molecule has 1 amide bonds. The smallest absolute Gasteiger partial charge is 0.260 e. The average molecular weight is 249 g/mol. The third kappa shape index (κ3) is 3.01. The molecule has 2 rings (SSSR count). The molecule has 1 aromatic rings. The molecule has 98 valence electrons. The number of aliphatic hydroxyl groups is 1. The van der Waals surface area contributed by atoms with Gasteiger partial charge in [0.2, 0.25) is 0 Å². The van der Waals surface area contributed by atoms with Crippen molar-refractivity contribution < 1.29 is 14.6 Å². The van der Waals surface area contributed by atoms with Gasteiger partial charge in [-0.3, -0.25) is 4.79 Å². The fourth-order valence-electron chi connectivity index (χ4n) is 2.06. The lowest BCUT2D eigenvalue weighted by Gasteiger charge is -2.16. The van der Waals surface area contributed by atoms with E-state index >= 15 is 0 Å². The first kappa shape index (κ1) is 12.9. The quantitative estimate of drug-likeness (QED) is 0.877. The Hall–Kier alpha value is -1.55. The zero-order chi connectivity index (χ0) is 13.1. The van der Waals surface area contributed by atoms with Crippen LogP contribution in [0.15, 0.2) is 18.2 Å². The summed E-state index contributed by atoms with van der Waals surface area (Å²) in [5, 5.41) is 9.38. The molecule has 4 nitrogen and oxygen atoms in total. The number of nitrogens with zero attached hydrogens (tertiary/aromatic N) is 1. The highest BCUT2D eigenvalue weighted by atomic mass is 16.5. The second-order valence-corrected chi connectivity index (χ2v) is 4.84. The minimum absolute atomic E-state index is 0.0387. The van der Waals surface area contributed by atoms with Gasteiger partial charge in [0.15, 0.2) is 6.61 Å². The fraction of sp³-hybridized carbons (Fsp3) is 0.500. The maximum Gasteiger partial charge on any atom is 0.260 e. The number of hydrogen-bond acceptors (Lipinski definition) is 3. The van der Waals surface area contributed by atoms with Crippen LogP contribution in [0.2, 0.25) is 0 Å².